The van der Waals surface area contributed by atoms with Crippen molar-refractivity contribution in [2.75, 3.05) is 0 Å². The number of hydrogen-bond donors (Lipinski definition) is 0. The van der Waals surface area contributed by atoms with Crippen molar-refractivity contribution in [3.8, 4) is 11.5 Å². The number of ether oxygens (including phenoxy) is 1. The molecule has 3 aromatic rings. The normalized spacial score (nSPS) is 14.4. The number of imide groups is 1. The molecule has 12 heteroatoms. The van der Waals surface area contributed by atoms with Crippen molar-refractivity contribution in [2.45, 2.75) is 6.54 Å². The number of nitro benzene ring substituents is 2. The second kappa shape index (κ2) is 9.73. The lowest BCUT2D eigenvalue weighted by Gasteiger charge is -2.12. The molecule has 0 unspecified atom stereocenters. The number of nitrogens with zero attached hydrogens (tertiary/aromatic N) is 3. The lowest BCUT2D eigenvalue weighted by Crippen LogP contribution is -2.27. The van der Waals surface area contributed by atoms with E-state index in [0.717, 1.165) is 34.9 Å². The van der Waals surface area contributed by atoms with Crippen LogP contribution in [0, 0.1) is 26.0 Å². The van der Waals surface area contributed by atoms with Crippen LogP contribution in [0.1, 0.15) is 11.1 Å². The lowest BCUT2D eigenvalue weighted by molar-refractivity contribution is -0.394. The third kappa shape index (κ3) is 5.33. The molecule has 0 N–H and O–H groups in total. The van der Waals surface area contributed by atoms with Gasteiger partial charge in [-0.2, -0.15) is 0 Å². The van der Waals surface area contributed by atoms with Crippen molar-refractivity contribution in [3.05, 3.63) is 109 Å². The summed E-state index contributed by atoms with van der Waals surface area (Å²) in [4.78, 5) is 46.9. The van der Waals surface area contributed by atoms with Gasteiger partial charge in [0, 0.05) is 6.07 Å². The fourth-order valence-electron chi connectivity index (χ4n) is 3.17. The highest BCUT2D eigenvalue weighted by atomic mass is 32.2. The summed E-state index contributed by atoms with van der Waals surface area (Å²) >= 11 is 0.778. The van der Waals surface area contributed by atoms with Gasteiger partial charge in [0.05, 0.1) is 27.4 Å². The van der Waals surface area contributed by atoms with Gasteiger partial charge in [0.25, 0.3) is 16.8 Å². The van der Waals surface area contributed by atoms with Gasteiger partial charge >= 0.3 is 5.69 Å². The molecule has 1 heterocycles. The van der Waals surface area contributed by atoms with E-state index in [2.05, 4.69) is 0 Å². The first kappa shape index (κ1) is 23.6. The second-order valence-corrected chi connectivity index (χ2v) is 8.22. The van der Waals surface area contributed by atoms with E-state index in [4.69, 9.17) is 4.74 Å². The fraction of sp³-hybridized carbons (Fsp3) is 0.0435. The van der Waals surface area contributed by atoms with E-state index in [1.807, 2.05) is 0 Å². The topological polar surface area (TPSA) is 133 Å². The summed E-state index contributed by atoms with van der Waals surface area (Å²) in [5.41, 5.74) is 0.186. The van der Waals surface area contributed by atoms with Crippen LogP contribution in [0.2, 0.25) is 0 Å². The van der Waals surface area contributed by atoms with Gasteiger partial charge in [-0.15, -0.1) is 0 Å². The Morgan fingerprint density at radius 3 is 2.26 bits per heavy atom. The van der Waals surface area contributed by atoms with E-state index in [1.165, 1.54) is 42.5 Å². The molecule has 4 rings (SSSR count). The Morgan fingerprint density at radius 2 is 1.63 bits per heavy atom. The number of benzene rings is 3. The molecular formula is C23H14FN3O7S. The van der Waals surface area contributed by atoms with Crippen LogP contribution in [0.5, 0.6) is 11.5 Å². The van der Waals surface area contributed by atoms with Crippen LogP contribution in [0.4, 0.5) is 20.6 Å². The highest BCUT2D eigenvalue weighted by Crippen LogP contribution is 2.36. The molecule has 0 radical (unpaired) electrons. The van der Waals surface area contributed by atoms with E-state index >= 15 is 0 Å². The van der Waals surface area contributed by atoms with Crippen molar-refractivity contribution in [3.63, 3.8) is 0 Å². The summed E-state index contributed by atoms with van der Waals surface area (Å²) < 4.78 is 18.6. The first-order chi connectivity index (χ1) is 16.7. The minimum atomic E-state index is -0.779. The Kier molecular flexibility index (Phi) is 6.55. The first-order valence-corrected chi connectivity index (χ1v) is 10.7. The minimum absolute atomic E-state index is 0.0169. The molecule has 35 heavy (non-hydrogen) atoms. The quantitative estimate of drug-likeness (QED) is 0.233. The van der Waals surface area contributed by atoms with E-state index < -0.39 is 38.2 Å². The van der Waals surface area contributed by atoms with Gasteiger partial charge in [-0.25, -0.2) is 4.39 Å². The molecule has 0 aromatic heterocycles. The van der Waals surface area contributed by atoms with Crippen LogP contribution in [0.25, 0.3) is 6.08 Å². The maximum absolute atomic E-state index is 13.1. The van der Waals surface area contributed by atoms with Gasteiger partial charge in [0.2, 0.25) is 5.75 Å². The zero-order valence-electron chi connectivity index (χ0n) is 17.6. The Hall–Kier alpha value is -4.58. The zero-order chi connectivity index (χ0) is 25.1. The third-order valence-electron chi connectivity index (χ3n) is 4.88. The molecule has 1 fully saturated rings. The molecule has 0 atom stereocenters. The van der Waals surface area contributed by atoms with Crippen molar-refractivity contribution in [1.29, 1.82) is 0 Å². The largest absolute Gasteiger partial charge is 0.450 e. The van der Waals surface area contributed by atoms with Gasteiger partial charge in [-0.3, -0.25) is 34.7 Å². The molecule has 2 amide bonds. The maximum Gasteiger partial charge on any atom is 0.318 e. The number of amides is 2. The standard InChI is InChI=1S/C23H14FN3O7S/c24-16-5-1-15(2-6-16)13-25-22(28)21(35-23(25)29)11-14-3-8-18(9-4-14)34-20-10-7-17(26(30)31)12-19(20)27(32)33/h1-12H,13H2/b21-11+. The van der Waals surface area contributed by atoms with Crippen molar-refractivity contribution < 1.29 is 28.6 Å². The van der Waals surface area contributed by atoms with E-state index in [-0.39, 0.29) is 22.9 Å². The highest BCUT2D eigenvalue weighted by Gasteiger charge is 2.35. The van der Waals surface area contributed by atoms with Crippen LogP contribution in [-0.2, 0) is 11.3 Å². The number of carbonyl (C=O) groups excluding carboxylic acids is 2. The maximum atomic E-state index is 13.1. The van der Waals surface area contributed by atoms with E-state index in [1.54, 1.807) is 12.1 Å². The third-order valence-corrected chi connectivity index (χ3v) is 5.79. The molecule has 0 spiro atoms. The fourth-order valence-corrected chi connectivity index (χ4v) is 4.01. The first-order valence-electron chi connectivity index (χ1n) is 9.92. The smallest absolute Gasteiger partial charge is 0.318 e. The summed E-state index contributed by atoms with van der Waals surface area (Å²) in [5.74, 6) is -0.844. The van der Waals surface area contributed by atoms with Crippen LogP contribution >= 0.6 is 11.8 Å². The van der Waals surface area contributed by atoms with Gasteiger partial charge in [0.15, 0.2) is 0 Å². The molecule has 0 aliphatic carbocycles. The predicted molar refractivity (Wildman–Crippen MR) is 124 cm³/mol. The molecule has 1 aliphatic rings. The summed E-state index contributed by atoms with van der Waals surface area (Å²) in [7, 11) is 0. The molecule has 1 saturated heterocycles. The number of nitro groups is 2. The number of non-ortho nitro benzene ring substituents is 1. The molecule has 0 saturated carbocycles. The molecular weight excluding hydrogens is 481 g/mol. The van der Waals surface area contributed by atoms with Gasteiger partial charge in [-0.1, -0.05) is 24.3 Å². The monoisotopic (exact) mass is 495 g/mol. The highest BCUT2D eigenvalue weighted by molar-refractivity contribution is 8.18. The Labute approximate surface area is 200 Å². The van der Waals surface area contributed by atoms with Crippen LogP contribution in [0.3, 0.4) is 0 Å². The molecule has 3 aromatic carbocycles. The van der Waals surface area contributed by atoms with Gasteiger partial charge in [-0.05, 0) is 59.3 Å². The van der Waals surface area contributed by atoms with Gasteiger partial charge < -0.3 is 4.74 Å². The Bertz CT molecular complexity index is 1370. The minimum Gasteiger partial charge on any atom is -0.450 e. The van der Waals surface area contributed by atoms with Gasteiger partial charge in [0.1, 0.15) is 11.6 Å². The summed E-state index contributed by atoms with van der Waals surface area (Å²) in [6, 6.07) is 14.7. The molecule has 176 valence electrons. The number of hydrogen-bond acceptors (Lipinski definition) is 8. The van der Waals surface area contributed by atoms with E-state index in [0.29, 0.717) is 11.1 Å². The lowest BCUT2D eigenvalue weighted by atomic mass is 10.2. The number of thioether (sulfide) groups is 1. The number of carbonyl (C=O) groups is 2. The molecule has 1 aliphatic heterocycles. The summed E-state index contributed by atoms with van der Waals surface area (Å²) in [6.45, 7) is 0.0169. The van der Waals surface area contributed by atoms with Crippen molar-refractivity contribution in [2.24, 2.45) is 0 Å². The van der Waals surface area contributed by atoms with E-state index in [9.17, 15) is 34.2 Å². The summed E-state index contributed by atoms with van der Waals surface area (Å²) in [5, 5.41) is 21.7. The average molecular weight is 495 g/mol. The predicted octanol–water partition coefficient (Wildman–Crippen LogP) is 5.67. The Balaban J connectivity index is 1.48. The second-order valence-electron chi connectivity index (χ2n) is 7.23. The van der Waals surface area contributed by atoms with Crippen molar-refractivity contribution in [1.82, 2.24) is 4.90 Å². The van der Waals surface area contributed by atoms with Crippen LogP contribution in [0.15, 0.2) is 71.6 Å². The van der Waals surface area contributed by atoms with Crippen molar-refractivity contribution >= 4 is 40.4 Å². The molecule has 10 nitrogen and oxygen atoms in total. The van der Waals surface area contributed by atoms with Crippen LogP contribution in [-0.4, -0.2) is 25.9 Å². The summed E-state index contributed by atoms with van der Waals surface area (Å²) in [6.07, 6.45) is 1.52. The number of rotatable bonds is 7. The average Bonchev–Trinajstić information content (AvgIpc) is 3.09. The van der Waals surface area contributed by atoms with Crippen LogP contribution < -0.4 is 4.74 Å². The number of halogens is 1. The molecule has 0 bridgehead atoms. The Morgan fingerprint density at radius 1 is 0.943 bits per heavy atom. The SMILES string of the molecule is O=C1S/C(=C/c2ccc(Oc3ccc([N+](=O)[O-])cc3[N+](=O)[O-])cc2)C(=O)N1Cc1ccc(F)cc1. The zero-order valence-corrected chi connectivity index (χ0v) is 18.4.